The number of nitrogens with one attached hydrogen (secondary N) is 1. The second-order valence-electron chi connectivity index (χ2n) is 8.58. The number of piperidine rings is 1. The number of benzene rings is 1. The summed E-state index contributed by atoms with van der Waals surface area (Å²) in [5.74, 6) is 1.78. The van der Waals surface area contributed by atoms with Crippen LogP contribution in [0.1, 0.15) is 54.7 Å². The molecule has 1 aromatic heterocycles. The van der Waals surface area contributed by atoms with Crippen molar-refractivity contribution in [1.29, 1.82) is 0 Å². The van der Waals surface area contributed by atoms with Crippen LogP contribution in [0.15, 0.2) is 24.3 Å². The maximum absolute atomic E-state index is 13.0. The third-order valence-electron chi connectivity index (χ3n) is 6.52. The standard InChI is InChI=1S/C24H30FN5O2/c1-16(31)30-14-11-20-21(15-30)27-23(28-24(20)26-2)18-9-12-29(13-10-18)22(32)8-5-17-3-6-19(25)7-4-17/h3-4,6-7,18H,5,8-15H2,1-2H3,(H,26,27,28). The Balaban J connectivity index is 1.37. The predicted molar refractivity (Wildman–Crippen MR) is 120 cm³/mol. The molecule has 2 aliphatic rings. The summed E-state index contributed by atoms with van der Waals surface area (Å²) < 4.78 is 13.0. The molecule has 170 valence electrons. The number of nitrogens with zero attached hydrogens (tertiary/aromatic N) is 4. The SMILES string of the molecule is CNc1nc(C2CCN(C(=O)CCc3ccc(F)cc3)CC2)nc2c1CCN(C(C)=O)C2. The summed E-state index contributed by atoms with van der Waals surface area (Å²) in [7, 11) is 1.87. The highest BCUT2D eigenvalue weighted by Crippen LogP contribution is 2.30. The summed E-state index contributed by atoms with van der Waals surface area (Å²) in [5.41, 5.74) is 3.00. The number of hydrogen-bond donors (Lipinski definition) is 1. The average Bonchev–Trinajstić information content (AvgIpc) is 2.82. The van der Waals surface area contributed by atoms with Crippen molar-refractivity contribution in [2.75, 3.05) is 32.0 Å². The molecular formula is C24H30FN5O2. The van der Waals surface area contributed by atoms with E-state index in [4.69, 9.17) is 9.97 Å². The van der Waals surface area contributed by atoms with Gasteiger partial charge in [0.15, 0.2) is 0 Å². The highest BCUT2D eigenvalue weighted by Gasteiger charge is 2.29. The second-order valence-corrected chi connectivity index (χ2v) is 8.58. The first-order valence-electron chi connectivity index (χ1n) is 11.3. The Hall–Kier alpha value is -3.03. The molecule has 0 aliphatic carbocycles. The molecule has 1 fully saturated rings. The summed E-state index contributed by atoms with van der Waals surface area (Å²) in [6.45, 7) is 4.17. The van der Waals surface area contributed by atoms with E-state index in [1.54, 1.807) is 19.1 Å². The van der Waals surface area contributed by atoms with Gasteiger partial charge < -0.3 is 15.1 Å². The summed E-state index contributed by atoms with van der Waals surface area (Å²) >= 11 is 0. The van der Waals surface area contributed by atoms with E-state index in [2.05, 4.69) is 5.32 Å². The normalized spacial score (nSPS) is 16.6. The maximum atomic E-state index is 13.0. The molecule has 0 atom stereocenters. The van der Waals surface area contributed by atoms with Gasteiger partial charge >= 0.3 is 0 Å². The van der Waals surface area contributed by atoms with Crippen LogP contribution in [0.3, 0.4) is 0 Å². The first-order chi connectivity index (χ1) is 15.4. The number of hydrogen-bond acceptors (Lipinski definition) is 5. The van der Waals surface area contributed by atoms with Crippen LogP contribution in [0.25, 0.3) is 0 Å². The molecule has 0 radical (unpaired) electrons. The van der Waals surface area contributed by atoms with Crippen LogP contribution in [0.2, 0.25) is 0 Å². The number of likely N-dealkylation sites (tertiary alicyclic amines) is 1. The van der Waals surface area contributed by atoms with Crippen molar-refractivity contribution >= 4 is 17.6 Å². The van der Waals surface area contributed by atoms with Crippen molar-refractivity contribution in [1.82, 2.24) is 19.8 Å². The van der Waals surface area contributed by atoms with Crippen molar-refractivity contribution in [3.63, 3.8) is 0 Å². The molecule has 4 rings (SSSR count). The zero-order valence-corrected chi connectivity index (χ0v) is 18.7. The molecule has 2 aromatic rings. The fraction of sp³-hybridized carbons (Fsp3) is 0.500. The van der Waals surface area contributed by atoms with Crippen molar-refractivity contribution in [3.8, 4) is 0 Å². The maximum Gasteiger partial charge on any atom is 0.222 e. The Bertz CT molecular complexity index is 987. The number of anilines is 1. The number of carbonyl (C=O) groups is 2. The number of carbonyl (C=O) groups excluding carboxylic acids is 2. The minimum Gasteiger partial charge on any atom is -0.373 e. The zero-order chi connectivity index (χ0) is 22.7. The topological polar surface area (TPSA) is 78.4 Å². The molecule has 7 nitrogen and oxygen atoms in total. The molecule has 32 heavy (non-hydrogen) atoms. The van der Waals surface area contributed by atoms with Gasteiger partial charge in [-0.05, 0) is 43.4 Å². The molecule has 8 heteroatoms. The van der Waals surface area contributed by atoms with Crippen LogP contribution in [0.5, 0.6) is 0 Å². The van der Waals surface area contributed by atoms with Gasteiger partial charge in [0.1, 0.15) is 17.5 Å². The van der Waals surface area contributed by atoms with E-state index >= 15 is 0 Å². The van der Waals surface area contributed by atoms with Gasteiger partial charge in [0.25, 0.3) is 0 Å². The van der Waals surface area contributed by atoms with E-state index in [0.717, 1.165) is 47.7 Å². The predicted octanol–water partition coefficient (Wildman–Crippen LogP) is 2.90. The van der Waals surface area contributed by atoms with E-state index in [-0.39, 0.29) is 23.5 Å². The van der Waals surface area contributed by atoms with Gasteiger partial charge in [0, 0.05) is 51.5 Å². The van der Waals surface area contributed by atoms with Crippen molar-refractivity contribution in [2.45, 2.75) is 51.5 Å². The van der Waals surface area contributed by atoms with E-state index in [1.165, 1.54) is 12.1 Å². The van der Waals surface area contributed by atoms with Gasteiger partial charge in [-0.1, -0.05) is 12.1 Å². The van der Waals surface area contributed by atoms with Crippen LogP contribution in [-0.2, 0) is 29.0 Å². The number of aryl methyl sites for hydroxylation is 1. The molecular weight excluding hydrogens is 409 g/mol. The Labute approximate surface area is 188 Å². The van der Waals surface area contributed by atoms with Crippen LogP contribution < -0.4 is 5.32 Å². The lowest BCUT2D eigenvalue weighted by Gasteiger charge is -2.33. The van der Waals surface area contributed by atoms with Crippen LogP contribution in [-0.4, -0.2) is 58.3 Å². The van der Waals surface area contributed by atoms with E-state index < -0.39 is 0 Å². The molecule has 2 aliphatic heterocycles. The molecule has 0 unspecified atom stereocenters. The third-order valence-corrected chi connectivity index (χ3v) is 6.52. The average molecular weight is 440 g/mol. The number of halogens is 1. The first kappa shape index (κ1) is 22.2. The number of rotatable bonds is 5. The third kappa shape index (κ3) is 4.89. The molecule has 1 aromatic carbocycles. The lowest BCUT2D eigenvalue weighted by atomic mass is 9.94. The van der Waals surface area contributed by atoms with Crippen LogP contribution >= 0.6 is 0 Å². The lowest BCUT2D eigenvalue weighted by molar-refractivity contribution is -0.132. The number of aromatic nitrogens is 2. The molecule has 1 saturated heterocycles. The summed E-state index contributed by atoms with van der Waals surface area (Å²) in [6.07, 6.45) is 3.44. The summed E-state index contributed by atoms with van der Waals surface area (Å²) in [5, 5.41) is 3.20. The van der Waals surface area contributed by atoms with E-state index in [9.17, 15) is 14.0 Å². The summed E-state index contributed by atoms with van der Waals surface area (Å²) in [4.78, 5) is 37.8. The van der Waals surface area contributed by atoms with Crippen molar-refractivity contribution in [3.05, 3.63) is 52.7 Å². The number of amides is 2. The van der Waals surface area contributed by atoms with Crippen LogP contribution in [0, 0.1) is 5.82 Å². The van der Waals surface area contributed by atoms with Crippen LogP contribution in [0.4, 0.5) is 10.2 Å². The van der Waals surface area contributed by atoms with E-state index in [1.807, 2.05) is 16.8 Å². The molecule has 3 heterocycles. The molecule has 0 saturated carbocycles. The minimum absolute atomic E-state index is 0.0641. The smallest absolute Gasteiger partial charge is 0.222 e. The summed E-state index contributed by atoms with van der Waals surface area (Å²) in [6, 6.07) is 6.32. The fourth-order valence-electron chi connectivity index (χ4n) is 4.56. The molecule has 0 bridgehead atoms. The van der Waals surface area contributed by atoms with Gasteiger partial charge in [0.2, 0.25) is 11.8 Å². The Morgan fingerprint density at radius 2 is 1.81 bits per heavy atom. The molecule has 1 N–H and O–H groups in total. The van der Waals surface area contributed by atoms with E-state index in [0.29, 0.717) is 39.0 Å². The first-order valence-corrected chi connectivity index (χ1v) is 11.3. The number of fused-ring (bicyclic) bond motifs is 1. The molecule has 0 spiro atoms. The van der Waals surface area contributed by atoms with Gasteiger partial charge in [-0.25, -0.2) is 14.4 Å². The monoisotopic (exact) mass is 439 g/mol. The van der Waals surface area contributed by atoms with Crippen molar-refractivity contribution in [2.24, 2.45) is 0 Å². The van der Waals surface area contributed by atoms with Gasteiger partial charge in [-0.2, -0.15) is 0 Å². The Morgan fingerprint density at radius 1 is 1.09 bits per heavy atom. The Morgan fingerprint density at radius 3 is 2.47 bits per heavy atom. The van der Waals surface area contributed by atoms with Gasteiger partial charge in [0.05, 0.1) is 12.2 Å². The second kappa shape index (κ2) is 9.63. The highest BCUT2D eigenvalue weighted by atomic mass is 19.1. The Kier molecular flexibility index (Phi) is 6.67. The fourth-order valence-corrected chi connectivity index (χ4v) is 4.56. The van der Waals surface area contributed by atoms with Crippen molar-refractivity contribution < 1.29 is 14.0 Å². The minimum atomic E-state index is -0.262. The zero-order valence-electron chi connectivity index (χ0n) is 18.7. The largest absolute Gasteiger partial charge is 0.373 e. The molecule has 2 amide bonds. The highest BCUT2D eigenvalue weighted by molar-refractivity contribution is 5.76. The van der Waals surface area contributed by atoms with Gasteiger partial charge in [-0.15, -0.1) is 0 Å². The lowest BCUT2D eigenvalue weighted by Crippen LogP contribution is -2.39. The van der Waals surface area contributed by atoms with Gasteiger partial charge in [-0.3, -0.25) is 9.59 Å². The quantitative estimate of drug-likeness (QED) is 0.775.